The molecule has 0 fully saturated rings. The number of hydrogen-bond donors (Lipinski definition) is 2. The number of rotatable bonds is 7. The summed E-state index contributed by atoms with van der Waals surface area (Å²) in [7, 11) is 0. The highest BCUT2D eigenvalue weighted by Crippen LogP contribution is 2.31. The molecule has 194 valence electrons. The van der Waals surface area contributed by atoms with Gasteiger partial charge < -0.3 is 19.7 Å². The van der Waals surface area contributed by atoms with Crippen molar-refractivity contribution in [3.8, 4) is 11.4 Å². The number of aryl methyl sites for hydroxylation is 2. The Morgan fingerprint density at radius 1 is 1.17 bits per heavy atom. The van der Waals surface area contributed by atoms with Crippen molar-refractivity contribution in [3.05, 3.63) is 86.6 Å². The SMILES string of the molecule is C=C(OCC)c1ncc(C)c(-n2c(C)cc(OC(O)(O)c3ncc(F)cc3F)c(Cl)c2=O)c1F.CC. The Morgan fingerprint density at radius 3 is 2.39 bits per heavy atom. The van der Waals surface area contributed by atoms with Crippen LogP contribution in [0.4, 0.5) is 13.2 Å². The summed E-state index contributed by atoms with van der Waals surface area (Å²) in [5.74, 6) is -7.40. The van der Waals surface area contributed by atoms with Gasteiger partial charge in [-0.2, -0.15) is 0 Å². The zero-order valence-corrected chi connectivity index (χ0v) is 21.0. The first-order valence-corrected chi connectivity index (χ1v) is 11.1. The molecule has 0 radical (unpaired) electrons. The molecule has 3 rings (SSSR count). The molecule has 36 heavy (non-hydrogen) atoms. The zero-order chi connectivity index (χ0) is 27.4. The summed E-state index contributed by atoms with van der Waals surface area (Å²) >= 11 is 6.10. The molecule has 0 saturated carbocycles. The topological polar surface area (TPSA) is 107 Å². The molecule has 0 saturated heterocycles. The van der Waals surface area contributed by atoms with E-state index in [0.29, 0.717) is 12.3 Å². The van der Waals surface area contributed by atoms with Gasteiger partial charge >= 0.3 is 5.97 Å². The second kappa shape index (κ2) is 11.5. The molecule has 0 amide bonds. The van der Waals surface area contributed by atoms with E-state index in [2.05, 4.69) is 16.5 Å². The van der Waals surface area contributed by atoms with E-state index in [1.165, 1.54) is 20.0 Å². The van der Waals surface area contributed by atoms with Gasteiger partial charge in [0.25, 0.3) is 5.56 Å². The van der Waals surface area contributed by atoms with E-state index >= 15 is 4.39 Å². The van der Waals surface area contributed by atoms with E-state index in [1.807, 2.05) is 13.8 Å². The fraction of sp³-hybridized carbons (Fsp3) is 0.292. The van der Waals surface area contributed by atoms with Crippen molar-refractivity contribution in [3.63, 3.8) is 0 Å². The molecular weight excluding hydrogens is 503 g/mol. The van der Waals surface area contributed by atoms with Crippen molar-refractivity contribution >= 4 is 17.4 Å². The number of halogens is 4. The van der Waals surface area contributed by atoms with Gasteiger partial charge in [0, 0.05) is 24.0 Å². The fourth-order valence-electron chi connectivity index (χ4n) is 3.17. The standard InChI is InChI=1S/C22H19ClF3N3O5.C2H6/c1-5-33-12(4)18-17(26)19(10(2)8-27-18)29-11(3)6-15(16(23)21(29)30)34-22(31,32)20-14(25)7-13(24)9-28-20;1-2/h6-9,31-32H,4-5H2,1-3H3;1-2H3. The Kier molecular flexibility index (Phi) is 9.25. The lowest BCUT2D eigenvalue weighted by atomic mass is 10.1. The van der Waals surface area contributed by atoms with Crippen molar-refractivity contribution in [2.24, 2.45) is 0 Å². The van der Waals surface area contributed by atoms with Crippen molar-refractivity contribution in [1.82, 2.24) is 14.5 Å². The maximum absolute atomic E-state index is 15.4. The van der Waals surface area contributed by atoms with Gasteiger partial charge in [0.2, 0.25) is 0 Å². The number of pyridine rings is 3. The third-order valence-corrected chi connectivity index (χ3v) is 5.00. The minimum absolute atomic E-state index is 0.0443. The highest BCUT2D eigenvalue weighted by Gasteiger charge is 2.36. The monoisotopic (exact) mass is 527 g/mol. The van der Waals surface area contributed by atoms with Crippen LogP contribution in [0, 0.1) is 31.3 Å². The first kappa shape index (κ1) is 28.8. The molecule has 2 N–H and O–H groups in total. The first-order valence-electron chi connectivity index (χ1n) is 10.7. The summed E-state index contributed by atoms with van der Waals surface area (Å²) in [6.07, 6.45) is 1.86. The predicted molar refractivity (Wildman–Crippen MR) is 127 cm³/mol. The van der Waals surface area contributed by atoms with E-state index in [9.17, 15) is 23.8 Å². The van der Waals surface area contributed by atoms with Crippen LogP contribution in [-0.2, 0) is 10.7 Å². The van der Waals surface area contributed by atoms with Crippen LogP contribution in [-0.4, -0.2) is 31.4 Å². The molecule has 3 aromatic rings. The molecule has 0 aromatic carbocycles. The molecule has 12 heteroatoms. The van der Waals surface area contributed by atoms with Crippen LogP contribution in [0.5, 0.6) is 5.75 Å². The highest BCUT2D eigenvalue weighted by molar-refractivity contribution is 6.31. The van der Waals surface area contributed by atoms with Gasteiger partial charge in [-0.05, 0) is 26.3 Å². The summed E-state index contributed by atoms with van der Waals surface area (Å²) < 4.78 is 53.5. The lowest BCUT2D eigenvalue weighted by Gasteiger charge is -2.24. The maximum Gasteiger partial charge on any atom is 0.372 e. The highest BCUT2D eigenvalue weighted by atomic mass is 35.5. The largest absolute Gasteiger partial charge is 0.492 e. The lowest BCUT2D eigenvalue weighted by molar-refractivity contribution is -0.308. The summed E-state index contributed by atoms with van der Waals surface area (Å²) in [4.78, 5) is 20.3. The molecule has 0 unspecified atom stereocenters. The molecule has 8 nitrogen and oxygen atoms in total. The normalized spacial score (nSPS) is 11.0. The minimum Gasteiger partial charge on any atom is -0.492 e. The van der Waals surface area contributed by atoms with E-state index in [-0.39, 0.29) is 35.0 Å². The number of nitrogens with zero attached hydrogens (tertiary/aromatic N) is 3. The van der Waals surface area contributed by atoms with E-state index < -0.39 is 45.5 Å². The average Bonchev–Trinajstić information content (AvgIpc) is 2.80. The van der Waals surface area contributed by atoms with E-state index in [1.54, 1.807) is 6.92 Å². The second-order valence-electron chi connectivity index (χ2n) is 7.11. The molecule has 0 atom stereocenters. The quantitative estimate of drug-likeness (QED) is 0.343. The Morgan fingerprint density at radius 2 is 1.81 bits per heavy atom. The molecule has 0 spiro atoms. The molecular formula is C24H25ClF3N3O5. The van der Waals surface area contributed by atoms with Gasteiger partial charge in [-0.15, -0.1) is 0 Å². The fourth-order valence-corrected chi connectivity index (χ4v) is 3.34. The molecule has 0 aliphatic carbocycles. The minimum atomic E-state index is -3.41. The van der Waals surface area contributed by atoms with Gasteiger partial charge in [-0.3, -0.25) is 9.36 Å². The van der Waals surface area contributed by atoms with Gasteiger partial charge in [0.15, 0.2) is 23.1 Å². The molecule has 0 aliphatic heterocycles. The number of aliphatic hydroxyl groups is 2. The Hall–Kier alpha value is -3.41. The molecule has 0 bridgehead atoms. The average molecular weight is 528 g/mol. The Bertz CT molecular complexity index is 1350. The third kappa shape index (κ3) is 5.69. The zero-order valence-electron chi connectivity index (χ0n) is 20.2. The molecule has 3 heterocycles. The van der Waals surface area contributed by atoms with Gasteiger partial charge in [0.05, 0.1) is 18.5 Å². The number of aromatic nitrogens is 3. The summed E-state index contributed by atoms with van der Waals surface area (Å²) in [5, 5.41) is 19.7. The van der Waals surface area contributed by atoms with Crippen LogP contribution >= 0.6 is 11.6 Å². The summed E-state index contributed by atoms with van der Waals surface area (Å²) in [6, 6.07) is 1.46. The van der Waals surface area contributed by atoms with Crippen LogP contribution in [0.15, 0.2) is 35.9 Å². The van der Waals surface area contributed by atoms with Crippen LogP contribution in [0.3, 0.4) is 0 Å². The second-order valence-corrected chi connectivity index (χ2v) is 7.49. The van der Waals surface area contributed by atoms with Gasteiger partial charge in [0.1, 0.15) is 22.3 Å². The smallest absolute Gasteiger partial charge is 0.372 e. The first-order chi connectivity index (χ1) is 16.9. The van der Waals surface area contributed by atoms with Gasteiger partial charge in [-0.1, -0.05) is 32.0 Å². The van der Waals surface area contributed by atoms with Crippen molar-refractivity contribution in [1.29, 1.82) is 0 Å². The summed E-state index contributed by atoms with van der Waals surface area (Å²) in [5.41, 5.74) is -2.12. The van der Waals surface area contributed by atoms with Crippen molar-refractivity contribution in [2.75, 3.05) is 6.61 Å². The van der Waals surface area contributed by atoms with Crippen LogP contribution in [0.25, 0.3) is 11.4 Å². The number of hydrogen-bond acceptors (Lipinski definition) is 7. The molecule has 3 aromatic heterocycles. The Labute approximate surface area is 210 Å². The third-order valence-electron chi connectivity index (χ3n) is 4.65. The van der Waals surface area contributed by atoms with E-state index in [4.69, 9.17) is 21.1 Å². The molecule has 0 aliphatic rings. The Balaban J connectivity index is 0.00000222. The lowest BCUT2D eigenvalue weighted by Crippen LogP contribution is -2.36. The van der Waals surface area contributed by atoms with E-state index in [0.717, 1.165) is 10.6 Å². The predicted octanol–water partition coefficient (Wildman–Crippen LogP) is 4.52. The van der Waals surface area contributed by atoms with Gasteiger partial charge in [-0.25, -0.2) is 23.1 Å². The van der Waals surface area contributed by atoms with Crippen molar-refractivity contribution in [2.45, 2.75) is 40.6 Å². The van der Waals surface area contributed by atoms with Crippen LogP contribution < -0.4 is 10.3 Å². The van der Waals surface area contributed by atoms with Crippen LogP contribution in [0.1, 0.15) is 43.4 Å². The number of ether oxygens (including phenoxy) is 2. The maximum atomic E-state index is 15.4. The summed E-state index contributed by atoms with van der Waals surface area (Å²) in [6.45, 7) is 12.4. The van der Waals surface area contributed by atoms with Crippen LogP contribution in [0.2, 0.25) is 5.02 Å². The van der Waals surface area contributed by atoms with Crippen molar-refractivity contribution < 1.29 is 32.9 Å².